The van der Waals surface area contributed by atoms with Crippen molar-refractivity contribution in [2.24, 2.45) is 0 Å². The highest BCUT2D eigenvalue weighted by atomic mass is 127. The number of nitrogens with zero attached hydrogens (tertiary/aromatic N) is 1. The molecule has 0 bridgehead atoms. The molecule has 1 N–H and O–H groups in total. The van der Waals surface area contributed by atoms with E-state index >= 15 is 0 Å². The summed E-state index contributed by atoms with van der Waals surface area (Å²) in [5.74, 6) is -0.0337. The van der Waals surface area contributed by atoms with Crippen molar-refractivity contribution in [3.05, 3.63) is 32.4 Å². The van der Waals surface area contributed by atoms with Crippen LogP contribution < -0.4 is 5.32 Å². The number of piperidine rings is 1. The van der Waals surface area contributed by atoms with E-state index in [0.717, 1.165) is 29.5 Å². The van der Waals surface area contributed by atoms with Gasteiger partial charge in [-0.25, -0.2) is 0 Å². The molecule has 98 valence electrons. The maximum Gasteiger partial charge on any atom is 0.251 e. The van der Waals surface area contributed by atoms with E-state index < -0.39 is 0 Å². The second kappa shape index (κ2) is 6.21. The van der Waals surface area contributed by atoms with Gasteiger partial charge in [-0.3, -0.25) is 4.79 Å². The van der Waals surface area contributed by atoms with Crippen molar-refractivity contribution in [3.63, 3.8) is 0 Å². The maximum atomic E-state index is 12.1. The lowest BCUT2D eigenvalue weighted by atomic mass is 10.1. The molecule has 1 aliphatic rings. The van der Waals surface area contributed by atoms with E-state index in [-0.39, 0.29) is 11.9 Å². The highest BCUT2D eigenvalue weighted by Gasteiger charge is 2.19. The molecule has 1 amide bonds. The largest absolute Gasteiger partial charge is 0.348 e. The molecule has 18 heavy (non-hydrogen) atoms. The van der Waals surface area contributed by atoms with Crippen molar-refractivity contribution >= 4 is 40.1 Å². The molecular formula is C13H16ClIN2O. The Morgan fingerprint density at radius 1 is 1.56 bits per heavy atom. The Bertz CT molecular complexity index is 453. The minimum absolute atomic E-state index is 0.0337. The minimum Gasteiger partial charge on any atom is -0.348 e. The fourth-order valence-electron chi connectivity index (χ4n) is 2.19. The zero-order valence-corrected chi connectivity index (χ0v) is 13.2. The molecule has 5 heteroatoms. The first-order valence-electron chi connectivity index (χ1n) is 6.00. The van der Waals surface area contributed by atoms with Crippen molar-refractivity contribution in [1.82, 2.24) is 10.2 Å². The molecule has 1 aromatic rings. The standard InChI is InChI=1S/C13H16ClIN2O/c1-17-6-2-3-10(8-17)16-13(18)9-4-5-12(15)11(14)7-9/h4-5,7,10H,2-3,6,8H2,1H3,(H,16,18). The summed E-state index contributed by atoms with van der Waals surface area (Å²) in [5.41, 5.74) is 0.633. The molecule has 1 aromatic carbocycles. The number of amides is 1. The Balaban J connectivity index is 2.00. The number of hydrogen-bond donors (Lipinski definition) is 1. The Kier molecular flexibility index (Phi) is 4.86. The van der Waals surface area contributed by atoms with Crippen LogP contribution in [0.5, 0.6) is 0 Å². The van der Waals surface area contributed by atoms with Crippen LogP contribution in [0.3, 0.4) is 0 Å². The van der Waals surface area contributed by atoms with Gasteiger partial charge < -0.3 is 10.2 Å². The third kappa shape index (κ3) is 3.59. The lowest BCUT2D eigenvalue weighted by Gasteiger charge is -2.30. The van der Waals surface area contributed by atoms with Crippen LogP contribution in [0.4, 0.5) is 0 Å². The molecule has 0 spiro atoms. The normalized spacial score (nSPS) is 20.7. The van der Waals surface area contributed by atoms with Crippen LogP contribution in [0.25, 0.3) is 0 Å². The smallest absolute Gasteiger partial charge is 0.251 e. The average molecular weight is 379 g/mol. The van der Waals surface area contributed by atoms with E-state index in [1.807, 2.05) is 12.1 Å². The summed E-state index contributed by atoms with van der Waals surface area (Å²) in [6.45, 7) is 2.03. The predicted molar refractivity (Wildman–Crippen MR) is 82.2 cm³/mol. The first-order valence-corrected chi connectivity index (χ1v) is 7.46. The number of likely N-dealkylation sites (N-methyl/N-ethyl adjacent to an activating group) is 1. The molecule has 1 heterocycles. The molecule has 0 saturated carbocycles. The van der Waals surface area contributed by atoms with Gasteiger partial charge in [0.25, 0.3) is 5.91 Å². The number of benzene rings is 1. The van der Waals surface area contributed by atoms with Gasteiger partial charge in [-0.1, -0.05) is 11.6 Å². The fourth-order valence-corrected chi connectivity index (χ4v) is 2.71. The number of hydrogen-bond acceptors (Lipinski definition) is 2. The van der Waals surface area contributed by atoms with Crippen LogP contribution in [0.1, 0.15) is 23.2 Å². The highest BCUT2D eigenvalue weighted by molar-refractivity contribution is 14.1. The van der Waals surface area contributed by atoms with Gasteiger partial charge >= 0.3 is 0 Å². The topological polar surface area (TPSA) is 32.3 Å². The molecule has 1 saturated heterocycles. The van der Waals surface area contributed by atoms with Crippen LogP contribution in [0.15, 0.2) is 18.2 Å². The van der Waals surface area contributed by atoms with Gasteiger partial charge in [-0.05, 0) is 67.2 Å². The van der Waals surface area contributed by atoms with E-state index in [1.54, 1.807) is 6.07 Å². The maximum absolute atomic E-state index is 12.1. The molecule has 0 radical (unpaired) electrons. The Morgan fingerprint density at radius 2 is 2.33 bits per heavy atom. The van der Waals surface area contributed by atoms with Gasteiger partial charge in [0.15, 0.2) is 0 Å². The summed E-state index contributed by atoms with van der Waals surface area (Å²) >= 11 is 8.18. The van der Waals surface area contributed by atoms with Gasteiger partial charge in [0, 0.05) is 21.7 Å². The highest BCUT2D eigenvalue weighted by Crippen LogP contribution is 2.19. The van der Waals surface area contributed by atoms with Gasteiger partial charge in [-0.2, -0.15) is 0 Å². The van der Waals surface area contributed by atoms with Crippen LogP contribution in [-0.4, -0.2) is 37.0 Å². The van der Waals surface area contributed by atoms with Crippen molar-refractivity contribution in [2.75, 3.05) is 20.1 Å². The van der Waals surface area contributed by atoms with Crippen molar-refractivity contribution in [3.8, 4) is 0 Å². The number of rotatable bonds is 2. The number of carbonyl (C=O) groups excluding carboxylic acids is 1. The van der Waals surface area contributed by atoms with E-state index in [2.05, 4.69) is 39.9 Å². The van der Waals surface area contributed by atoms with E-state index in [4.69, 9.17) is 11.6 Å². The van der Waals surface area contributed by atoms with E-state index in [9.17, 15) is 4.79 Å². The third-order valence-corrected chi connectivity index (χ3v) is 4.71. The second-order valence-corrected chi connectivity index (χ2v) is 6.27. The first-order chi connectivity index (χ1) is 8.56. The zero-order valence-electron chi connectivity index (χ0n) is 10.2. The molecule has 1 fully saturated rings. The monoisotopic (exact) mass is 378 g/mol. The average Bonchev–Trinajstić information content (AvgIpc) is 2.32. The Morgan fingerprint density at radius 3 is 3.00 bits per heavy atom. The van der Waals surface area contributed by atoms with Gasteiger partial charge in [0.2, 0.25) is 0 Å². The second-order valence-electron chi connectivity index (χ2n) is 4.70. The number of halogens is 2. The molecule has 0 aliphatic carbocycles. The Hall–Kier alpha value is -0.330. The van der Waals surface area contributed by atoms with Crippen molar-refractivity contribution < 1.29 is 4.79 Å². The van der Waals surface area contributed by atoms with Crippen LogP contribution in [-0.2, 0) is 0 Å². The number of carbonyl (C=O) groups is 1. The molecule has 3 nitrogen and oxygen atoms in total. The van der Waals surface area contributed by atoms with Crippen molar-refractivity contribution in [2.45, 2.75) is 18.9 Å². The fraction of sp³-hybridized carbons (Fsp3) is 0.462. The number of likely N-dealkylation sites (tertiary alicyclic amines) is 1. The summed E-state index contributed by atoms with van der Waals surface area (Å²) in [6.07, 6.45) is 2.18. The molecule has 1 atom stereocenters. The summed E-state index contributed by atoms with van der Waals surface area (Å²) in [6, 6.07) is 5.65. The summed E-state index contributed by atoms with van der Waals surface area (Å²) in [4.78, 5) is 14.3. The predicted octanol–water partition coefficient (Wildman–Crippen LogP) is 2.77. The quantitative estimate of drug-likeness (QED) is 0.803. The summed E-state index contributed by atoms with van der Waals surface area (Å²) < 4.78 is 0.961. The summed E-state index contributed by atoms with van der Waals surface area (Å²) in [5, 5.41) is 3.70. The molecule has 2 rings (SSSR count). The van der Waals surface area contributed by atoms with Gasteiger partial charge in [0.1, 0.15) is 0 Å². The summed E-state index contributed by atoms with van der Waals surface area (Å²) in [7, 11) is 2.08. The van der Waals surface area contributed by atoms with Crippen LogP contribution >= 0.6 is 34.2 Å². The first kappa shape index (κ1) is 14.1. The van der Waals surface area contributed by atoms with Gasteiger partial charge in [0.05, 0.1) is 5.02 Å². The lowest BCUT2D eigenvalue weighted by Crippen LogP contribution is -2.46. The molecule has 1 aliphatic heterocycles. The SMILES string of the molecule is CN1CCCC(NC(=O)c2ccc(I)c(Cl)c2)C1. The van der Waals surface area contributed by atoms with Gasteiger partial charge in [-0.15, -0.1) is 0 Å². The lowest BCUT2D eigenvalue weighted by molar-refractivity contribution is 0.0912. The van der Waals surface area contributed by atoms with E-state index in [0.29, 0.717) is 10.6 Å². The van der Waals surface area contributed by atoms with Crippen LogP contribution in [0, 0.1) is 3.57 Å². The molecule has 0 aromatic heterocycles. The van der Waals surface area contributed by atoms with Crippen LogP contribution in [0.2, 0.25) is 5.02 Å². The third-order valence-electron chi connectivity index (χ3n) is 3.14. The molecule has 1 unspecified atom stereocenters. The van der Waals surface area contributed by atoms with Crippen molar-refractivity contribution in [1.29, 1.82) is 0 Å². The van der Waals surface area contributed by atoms with E-state index in [1.165, 1.54) is 0 Å². The Labute approximate surface area is 126 Å². The minimum atomic E-state index is -0.0337. The number of nitrogens with one attached hydrogen (secondary N) is 1. The zero-order chi connectivity index (χ0) is 13.1. The molecular weight excluding hydrogens is 363 g/mol.